The van der Waals surface area contributed by atoms with Crippen molar-refractivity contribution in [1.29, 1.82) is 0 Å². The Morgan fingerprint density at radius 2 is 1.82 bits per heavy atom. The van der Waals surface area contributed by atoms with Gasteiger partial charge in [-0.25, -0.2) is 9.18 Å². The molecule has 184 valence electrons. The molecule has 4 atom stereocenters. The minimum Gasteiger partial charge on any atom is -0.394 e. The third-order valence-corrected chi connectivity index (χ3v) is 6.50. The number of ether oxygens (including phenoxy) is 1. The molecule has 33 heavy (non-hydrogen) atoms. The number of nitrogens with one attached hydrogen (secondary N) is 2. The molecule has 0 unspecified atom stereocenters. The van der Waals surface area contributed by atoms with Gasteiger partial charge in [-0.1, -0.05) is 0 Å². The Hall–Kier alpha value is -1.66. The van der Waals surface area contributed by atoms with Crippen molar-refractivity contribution in [1.82, 2.24) is 10.2 Å². The van der Waals surface area contributed by atoms with Crippen molar-refractivity contribution in [3.05, 3.63) is 46.9 Å². The Balaban J connectivity index is 0.00000193. The lowest BCUT2D eigenvalue weighted by Gasteiger charge is -2.41. The molecule has 2 aliphatic heterocycles. The Bertz CT molecular complexity index is 856. The summed E-state index contributed by atoms with van der Waals surface area (Å²) in [4.78, 5) is 16.5. The number of piperazine rings is 1. The molecular weight excluding hydrogens is 494 g/mol. The van der Waals surface area contributed by atoms with Gasteiger partial charge in [0.1, 0.15) is 18.0 Å². The molecule has 2 saturated heterocycles. The van der Waals surface area contributed by atoms with Crippen LogP contribution in [0.25, 0.3) is 0 Å². The number of carbonyl (C=O) groups is 1. The third kappa shape index (κ3) is 6.69. The average molecular weight is 523 g/mol. The molecule has 2 aliphatic rings. The van der Waals surface area contributed by atoms with Gasteiger partial charge >= 0.3 is 6.03 Å². The molecule has 2 aromatic rings. The first-order chi connectivity index (χ1) is 15.0. The highest BCUT2D eigenvalue weighted by Crippen LogP contribution is 2.27. The fraction of sp³-hybridized carbons (Fsp3) is 0.476. The normalized spacial score (nSPS) is 25.1. The second kappa shape index (κ2) is 12.7. The van der Waals surface area contributed by atoms with Crippen LogP contribution in [0.3, 0.4) is 0 Å². The first kappa shape index (κ1) is 27.6. The van der Waals surface area contributed by atoms with Crippen molar-refractivity contribution in [3.63, 3.8) is 0 Å². The van der Waals surface area contributed by atoms with Gasteiger partial charge in [-0.15, -0.1) is 24.8 Å². The molecular formula is C21H29Cl2FN4O4S. The minimum absolute atomic E-state index is 0. The minimum atomic E-state index is -0.853. The molecule has 1 aromatic heterocycles. The van der Waals surface area contributed by atoms with Crippen LogP contribution in [-0.2, 0) is 4.74 Å². The first-order valence-electron chi connectivity index (χ1n) is 10.3. The van der Waals surface area contributed by atoms with Gasteiger partial charge in [-0.3, -0.25) is 4.90 Å². The van der Waals surface area contributed by atoms with E-state index in [-0.39, 0.29) is 55.9 Å². The summed E-state index contributed by atoms with van der Waals surface area (Å²) >= 11 is 1.49. The predicted molar refractivity (Wildman–Crippen MR) is 132 cm³/mol. The van der Waals surface area contributed by atoms with Crippen molar-refractivity contribution in [2.45, 2.75) is 24.4 Å². The molecule has 2 amide bonds. The molecule has 4 rings (SSSR count). The zero-order valence-corrected chi connectivity index (χ0v) is 20.3. The number of aliphatic hydroxyl groups is 2. The van der Waals surface area contributed by atoms with E-state index in [4.69, 9.17) is 4.74 Å². The van der Waals surface area contributed by atoms with Gasteiger partial charge in [0.2, 0.25) is 0 Å². The summed E-state index contributed by atoms with van der Waals surface area (Å²) in [6, 6.07) is 7.55. The summed E-state index contributed by atoms with van der Waals surface area (Å²) in [6.07, 6.45) is -1.99. The molecule has 0 aliphatic carbocycles. The van der Waals surface area contributed by atoms with E-state index >= 15 is 0 Å². The average Bonchev–Trinajstić information content (AvgIpc) is 3.40. The van der Waals surface area contributed by atoms with Crippen LogP contribution >= 0.6 is 36.2 Å². The highest BCUT2D eigenvalue weighted by Gasteiger charge is 2.46. The molecule has 0 spiro atoms. The van der Waals surface area contributed by atoms with E-state index in [2.05, 4.69) is 20.4 Å². The van der Waals surface area contributed by atoms with Crippen LogP contribution in [0.5, 0.6) is 0 Å². The molecule has 1 aromatic carbocycles. The van der Waals surface area contributed by atoms with E-state index in [0.717, 1.165) is 24.5 Å². The highest BCUT2D eigenvalue weighted by atomic mass is 35.5. The van der Waals surface area contributed by atoms with Crippen LogP contribution in [0.2, 0.25) is 0 Å². The van der Waals surface area contributed by atoms with Crippen LogP contribution < -0.4 is 15.5 Å². The maximum atomic E-state index is 13.2. The Morgan fingerprint density at radius 1 is 1.12 bits per heavy atom. The smallest absolute Gasteiger partial charge is 0.319 e. The first-order valence-corrected chi connectivity index (χ1v) is 11.3. The van der Waals surface area contributed by atoms with Crippen molar-refractivity contribution < 1.29 is 24.1 Å². The number of amides is 2. The summed E-state index contributed by atoms with van der Waals surface area (Å²) in [6.45, 7) is 2.72. The van der Waals surface area contributed by atoms with E-state index < -0.39 is 18.3 Å². The fourth-order valence-corrected chi connectivity index (χ4v) is 4.82. The van der Waals surface area contributed by atoms with Gasteiger partial charge in [-0.05, 0) is 35.7 Å². The van der Waals surface area contributed by atoms with E-state index in [1.165, 1.54) is 23.5 Å². The summed E-state index contributed by atoms with van der Waals surface area (Å²) in [5.74, 6) is -0.262. The fourth-order valence-electron chi connectivity index (χ4n) is 4.23. The molecule has 12 heteroatoms. The SMILES string of the molecule is Cl.Cl.O=C(NC[C@H]1O[C@@H](CO)[C@@H](O)[C@H]1N1CCN(c2ccc(F)cc2)CC1)Nc1ccsc1. The molecule has 8 nitrogen and oxygen atoms in total. The molecule has 4 N–H and O–H groups in total. The maximum absolute atomic E-state index is 13.2. The molecule has 0 radical (unpaired) electrons. The Kier molecular flexibility index (Phi) is 10.6. The number of nitrogens with zero attached hydrogens (tertiary/aromatic N) is 2. The number of halogens is 3. The molecule has 0 bridgehead atoms. The Morgan fingerprint density at radius 3 is 2.42 bits per heavy atom. The van der Waals surface area contributed by atoms with Crippen molar-refractivity contribution in [3.8, 4) is 0 Å². The summed E-state index contributed by atoms with van der Waals surface area (Å²) in [7, 11) is 0. The molecule has 3 heterocycles. The van der Waals surface area contributed by atoms with E-state index in [1.807, 2.05) is 16.8 Å². The number of carbonyl (C=O) groups excluding carboxylic acids is 1. The summed E-state index contributed by atoms with van der Waals surface area (Å²) in [5, 5.41) is 29.6. The van der Waals surface area contributed by atoms with Crippen molar-refractivity contribution >= 4 is 53.6 Å². The standard InChI is InChI=1S/C21H27FN4O4S.2ClH/c22-14-1-3-16(4-2-14)25-6-8-26(9-7-25)19-17(30-18(12-27)20(19)28)11-23-21(29)24-15-5-10-31-13-15;;/h1-5,10,13,17-20,27-28H,6-9,11-12H2,(H2,23,24,29);2*1H/t17-,18+,19+,20-;;/m1../s1. The topological polar surface area (TPSA) is 97.3 Å². The lowest BCUT2D eigenvalue weighted by atomic mass is 10.0. The maximum Gasteiger partial charge on any atom is 0.319 e. The predicted octanol–water partition coefficient (Wildman–Crippen LogP) is 2.16. The van der Waals surface area contributed by atoms with Gasteiger partial charge in [0.25, 0.3) is 0 Å². The number of benzene rings is 1. The zero-order valence-electron chi connectivity index (χ0n) is 17.8. The van der Waals surface area contributed by atoms with Gasteiger partial charge < -0.3 is 30.5 Å². The monoisotopic (exact) mass is 522 g/mol. The third-order valence-electron chi connectivity index (χ3n) is 5.81. The van der Waals surface area contributed by atoms with Crippen LogP contribution in [0.15, 0.2) is 41.1 Å². The number of thiophene rings is 1. The largest absolute Gasteiger partial charge is 0.394 e. The quantitative estimate of drug-likeness (QED) is 0.464. The highest BCUT2D eigenvalue weighted by molar-refractivity contribution is 7.08. The van der Waals surface area contributed by atoms with Gasteiger partial charge in [0, 0.05) is 43.8 Å². The summed E-state index contributed by atoms with van der Waals surface area (Å²) < 4.78 is 19.1. The molecule has 0 saturated carbocycles. The van der Waals surface area contributed by atoms with Crippen molar-refractivity contribution in [2.24, 2.45) is 0 Å². The summed E-state index contributed by atoms with van der Waals surface area (Å²) in [5.41, 5.74) is 1.68. The van der Waals surface area contributed by atoms with E-state index in [1.54, 1.807) is 12.1 Å². The number of hydrogen-bond acceptors (Lipinski definition) is 7. The number of aliphatic hydroxyl groups excluding tert-OH is 2. The number of anilines is 2. The van der Waals surface area contributed by atoms with E-state index in [9.17, 15) is 19.4 Å². The Labute approximate surface area is 208 Å². The second-order valence-electron chi connectivity index (χ2n) is 7.72. The van der Waals surface area contributed by atoms with Crippen LogP contribution in [0.1, 0.15) is 0 Å². The van der Waals surface area contributed by atoms with E-state index in [0.29, 0.717) is 13.1 Å². The van der Waals surface area contributed by atoms with Crippen LogP contribution in [0, 0.1) is 5.82 Å². The number of urea groups is 1. The van der Waals surface area contributed by atoms with Gasteiger partial charge in [0.15, 0.2) is 0 Å². The number of hydrogen-bond donors (Lipinski definition) is 4. The zero-order chi connectivity index (χ0) is 21.8. The lowest BCUT2D eigenvalue weighted by molar-refractivity contribution is -0.0205. The van der Waals surface area contributed by atoms with Gasteiger partial charge in [-0.2, -0.15) is 11.3 Å². The number of rotatable bonds is 6. The van der Waals surface area contributed by atoms with Gasteiger partial charge in [0.05, 0.1) is 24.4 Å². The lowest BCUT2D eigenvalue weighted by Crippen LogP contribution is -2.57. The second-order valence-corrected chi connectivity index (χ2v) is 8.50. The van der Waals surface area contributed by atoms with Crippen LogP contribution in [-0.4, -0.2) is 84.8 Å². The van der Waals surface area contributed by atoms with Crippen LogP contribution in [0.4, 0.5) is 20.6 Å². The van der Waals surface area contributed by atoms with Crippen molar-refractivity contribution in [2.75, 3.05) is 49.5 Å². The molecule has 2 fully saturated rings.